The van der Waals surface area contributed by atoms with Gasteiger partial charge in [-0.15, -0.1) is 0 Å². The summed E-state index contributed by atoms with van der Waals surface area (Å²) in [6, 6.07) is 21.2. The van der Waals surface area contributed by atoms with Gasteiger partial charge in [-0.05, 0) is 59.0 Å². The molecule has 0 radical (unpaired) electrons. The Morgan fingerprint density at radius 1 is 0.889 bits per heavy atom. The predicted octanol–water partition coefficient (Wildman–Crippen LogP) is 4.04. The molecule has 0 atom stereocenters. The van der Waals surface area contributed by atoms with Gasteiger partial charge >= 0.3 is 0 Å². The minimum Gasteiger partial charge on any atom is -0.394 e. The maximum absolute atomic E-state index is 12.3. The second-order valence-electron chi connectivity index (χ2n) is 5.75. The molecule has 3 aromatic rings. The molecule has 3 aromatic carbocycles. The van der Waals surface area contributed by atoms with E-state index in [-0.39, 0.29) is 17.1 Å². The lowest BCUT2D eigenvalue weighted by molar-refractivity contribution is 0.0993. The molecule has 27 heavy (non-hydrogen) atoms. The summed E-state index contributed by atoms with van der Waals surface area (Å²) in [6.45, 7) is 0. The highest BCUT2D eigenvalue weighted by atomic mass is 35.5. The van der Waals surface area contributed by atoms with Crippen molar-refractivity contribution in [3.05, 3.63) is 95.0 Å². The third kappa shape index (κ3) is 5.17. The Hall–Kier alpha value is -2.67. The summed E-state index contributed by atoms with van der Waals surface area (Å²) in [5.41, 5.74) is 1.36. The van der Waals surface area contributed by atoms with Crippen LogP contribution < -0.4 is 9.72 Å². The fourth-order valence-corrected chi connectivity index (χ4v) is 3.29. The minimum atomic E-state index is -3.76. The number of carbonyl (C=O) groups excluding carboxylic acids is 1. The van der Waals surface area contributed by atoms with Gasteiger partial charge in [-0.25, -0.2) is 8.42 Å². The second-order valence-corrected chi connectivity index (χ2v) is 7.83. The number of hydrogen-bond acceptors (Lipinski definition) is 4. The molecule has 7 heteroatoms. The average molecular weight is 402 g/mol. The Morgan fingerprint density at radius 3 is 2.15 bits per heavy atom. The molecular weight excluding hydrogens is 386 g/mol. The van der Waals surface area contributed by atoms with Crippen LogP contribution in [-0.2, 0) is 16.4 Å². The molecule has 0 saturated heterocycles. The normalized spacial score (nSPS) is 11.1. The fourth-order valence-electron chi connectivity index (χ4n) is 2.35. The van der Waals surface area contributed by atoms with E-state index in [0.29, 0.717) is 16.3 Å². The first-order valence-corrected chi connectivity index (χ1v) is 9.91. The number of sulfonamides is 1. The maximum atomic E-state index is 12.3. The summed E-state index contributed by atoms with van der Waals surface area (Å²) in [4.78, 5) is 19.6. The Balaban J connectivity index is 1.60. The Morgan fingerprint density at radius 2 is 1.52 bits per heavy atom. The van der Waals surface area contributed by atoms with Gasteiger partial charge in [0.25, 0.3) is 10.0 Å². The molecular formula is C20H16ClNO4S. The summed E-state index contributed by atoms with van der Waals surface area (Å²) < 4.78 is 24.2. The standard InChI is InChI=1S/C20H16ClNO4S/c21-17-10-8-16(9-11-17)20(23)14-15-6-12-18(13-7-15)26-22-27(24,25)19-4-2-1-3-5-19/h1-13,22H,14H2. The van der Waals surface area contributed by atoms with Crippen LogP contribution in [0.4, 0.5) is 0 Å². The lowest BCUT2D eigenvalue weighted by Gasteiger charge is -2.09. The first kappa shape index (κ1) is 19.1. The van der Waals surface area contributed by atoms with E-state index in [9.17, 15) is 13.2 Å². The number of rotatable bonds is 7. The van der Waals surface area contributed by atoms with Crippen molar-refractivity contribution in [3.8, 4) is 5.75 Å². The van der Waals surface area contributed by atoms with Crippen molar-refractivity contribution in [2.24, 2.45) is 0 Å². The number of halogens is 1. The van der Waals surface area contributed by atoms with Crippen LogP contribution in [0.1, 0.15) is 15.9 Å². The molecule has 0 saturated carbocycles. The number of hydrogen-bond donors (Lipinski definition) is 1. The molecule has 0 aromatic heterocycles. The first-order valence-electron chi connectivity index (χ1n) is 8.05. The molecule has 3 rings (SSSR count). The Labute approximate surface area is 162 Å². The molecule has 1 N–H and O–H groups in total. The summed E-state index contributed by atoms with van der Waals surface area (Å²) in [5.74, 6) is 0.280. The SMILES string of the molecule is O=C(Cc1ccc(ONS(=O)(=O)c2ccccc2)cc1)c1ccc(Cl)cc1. The van der Waals surface area contributed by atoms with E-state index in [1.54, 1.807) is 66.7 Å². The highest BCUT2D eigenvalue weighted by Gasteiger charge is 2.14. The number of ketones is 1. The van der Waals surface area contributed by atoms with E-state index in [1.165, 1.54) is 12.1 Å². The van der Waals surface area contributed by atoms with Crippen LogP contribution in [0.2, 0.25) is 5.02 Å². The van der Waals surface area contributed by atoms with Crippen LogP contribution in [0.5, 0.6) is 5.75 Å². The largest absolute Gasteiger partial charge is 0.394 e. The van der Waals surface area contributed by atoms with Crippen molar-refractivity contribution < 1.29 is 18.0 Å². The van der Waals surface area contributed by atoms with E-state index < -0.39 is 10.0 Å². The van der Waals surface area contributed by atoms with Gasteiger partial charge in [0.15, 0.2) is 5.78 Å². The van der Waals surface area contributed by atoms with Gasteiger partial charge in [0, 0.05) is 17.0 Å². The van der Waals surface area contributed by atoms with Gasteiger partial charge in [0.2, 0.25) is 0 Å². The third-order valence-corrected chi connectivity index (χ3v) is 5.22. The lowest BCUT2D eigenvalue weighted by atomic mass is 10.0. The van der Waals surface area contributed by atoms with E-state index in [2.05, 4.69) is 4.89 Å². The van der Waals surface area contributed by atoms with Crippen molar-refractivity contribution >= 4 is 27.4 Å². The average Bonchev–Trinajstić information content (AvgIpc) is 2.69. The van der Waals surface area contributed by atoms with Gasteiger partial charge in [-0.2, -0.15) is 0 Å². The zero-order valence-electron chi connectivity index (χ0n) is 14.1. The highest BCUT2D eigenvalue weighted by Crippen LogP contribution is 2.16. The van der Waals surface area contributed by atoms with E-state index in [1.807, 2.05) is 0 Å². The maximum Gasteiger partial charge on any atom is 0.271 e. The van der Waals surface area contributed by atoms with Crippen LogP contribution in [-0.4, -0.2) is 14.2 Å². The van der Waals surface area contributed by atoms with Crippen molar-refractivity contribution in [2.75, 3.05) is 0 Å². The fraction of sp³-hybridized carbons (Fsp3) is 0.0500. The van der Waals surface area contributed by atoms with E-state index in [0.717, 1.165) is 5.56 Å². The molecule has 0 fully saturated rings. The van der Waals surface area contributed by atoms with Gasteiger partial charge in [0.1, 0.15) is 5.75 Å². The quantitative estimate of drug-likeness (QED) is 0.479. The second kappa shape index (κ2) is 8.35. The predicted molar refractivity (Wildman–Crippen MR) is 103 cm³/mol. The summed E-state index contributed by atoms with van der Waals surface area (Å²) >= 11 is 5.82. The molecule has 0 spiro atoms. The monoisotopic (exact) mass is 401 g/mol. The third-order valence-electron chi connectivity index (χ3n) is 3.78. The molecule has 0 aliphatic rings. The van der Waals surface area contributed by atoms with E-state index in [4.69, 9.17) is 16.4 Å². The Kier molecular flexibility index (Phi) is 5.91. The topological polar surface area (TPSA) is 72.5 Å². The van der Waals surface area contributed by atoms with Gasteiger partial charge in [-0.1, -0.05) is 41.9 Å². The smallest absolute Gasteiger partial charge is 0.271 e. The molecule has 0 heterocycles. The summed E-state index contributed by atoms with van der Waals surface area (Å²) in [6.07, 6.45) is 0.220. The summed E-state index contributed by atoms with van der Waals surface area (Å²) in [7, 11) is -3.76. The van der Waals surface area contributed by atoms with Gasteiger partial charge in [-0.3, -0.25) is 4.79 Å². The number of nitrogens with one attached hydrogen (secondary N) is 1. The van der Waals surface area contributed by atoms with Crippen molar-refractivity contribution in [3.63, 3.8) is 0 Å². The van der Waals surface area contributed by atoms with Crippen LogP contribution >= 0.6 is 11.6 Å². The number of carbonyl (C=O) groups is 1. The van der Waals surface area contributed by atoms with Gasteiger partial charge < -0.3 is 4.84 Å². The molecule has 0 amide bonds. The molecule has 138 valence electrons. The van der Waals surface area contributed by atoms with Crippen molar-refractivity contribution in [2.45, 2.75) is 11.3 Å². The molecule has 0 aliphatic heterocycles. The summed E-state index contributed by atoms with van der Waals surface area (Å²) in [5, 5.41) is 0.575. The van der Waals surface area contributed by atoms with Crippen molar-refractivity contribution in [1.29, 1.82) is 0 Å². The zero-order valence-corrected chi connectivity index (χ0v) is 15.7. The molecule has 5 nitrogen and oxygen atoms in total. The zero-order chi connectivity index (χ0) is 19.3. The van der Waals surface area contributed by atoms with Crippen LogP contribution in [0.25, 0.3) is 0 Å². The molecule has 0 bridgehead atoms. The molecule has 0 aliphatic carbocycles. The minimum absolute atomic E-state index is 0.0369. The number of benzene rings is 3. The number of Topliss-reactive ketones (excluding diaryl/α,β-unsaturated/α-hetero) is 1. The lowest BCUT2D eigenvalue weighted by Crippen LogP contribution is -2.27. The van der Waals surface area contributed by atoms with Crippen LogP contribution in [0, 0.1) is 0 Å². The van der Waals surface area contributed by atoms with Gasteiger partial charge in [0.05, 0.1) is 4.90 Å². The Bertz CT molecular complexity index is 1020. The van der Waals surface area contributed by atoms with E-state index >= 15 is 0 Å². The van der Waals surface area contributed by atoms with Crippen LogP contribution in [0.15, 0.2) is 83.8 Å². The first-order chi connectivity index (χ1) is 12.9. The van der Waals surface area contributed by atoms with Crippen LogP contribution in [0.3, 0.4) is 0 Å². The highest BCUT2D eigenvalue weighted by molar-refractivity contribution is 7.89. The molecule has 0 unspecified atom stereocenters. The van der Waals surface area contributed by atoms with Crippen molar-refractivity contribution in [1.82, 2.24) is 4.89 Å².